The van der Waals surface area contributed by atoms with Crippen LogP contribution in [0.5, 0.6) is 0 Å². The van der Waals surface area contributed by atoms with Crippen molar-refractivity contribution in [3.63, 3.8) is 0 Å². The molecule has 5 rings (SSSR count). The molecular weight excluding hydrogens is 505 g/mol. The fraction of sp³-hybridized carbons (Fsp3) is 0.259. The third-order valence-electron chi connectivity index (χ3n) is 6.93. The van der Waals surface area contributed by atoms with Gasteiger partial charge >= 0.3 is 0 Å². The molecule has 0 radical (unpaired) electrons. The fourth-order valence-corrected chi connectivity index (χ4v) is 5.55. The number of hydrogen-bond acceptors (Lipinski definition) is 4. The molecule has 35 heavy (non-hydrogen) atoms. The molecule has 1 aromatic heterocycles. The van der Waals surface area contributed by atoms with Crippen molar-refractivity contribution in [2.75, 3.05) is 31.1 Å². The highest BCUT2D eigenvalue weighted by Crippen LogP contribution is 2.48. The first kappa shape index (κ1) is 24.3. The van der Waals surface area contributed by atoms with Gasteiger partial charge in [0, 0.05) is 52.5 Å². The van der Waals surface area contributed by atoms with Gasteiger partial charge in [0.15, 0.2) is 0 Å². The minimum atomic E-state index is -0.656. The van der Waals surface area contributed by atoms with E-state index in [0.717, 1.165) is 29.9 Å². The highest BCUT2D eigenvalue weighted by molar-refractivity contribution is 6.31. The smallest absolute Gasteiger partial charge is 0.258 e. The first-order chi connectivity index (χ1) is 16.9. The van der Waals surface area contributed by atoms with Crippen LogP contribution in [0.15, 0.2) is 66.9 Å². The molecule has 0 saturated carbocycles. The number of carbonyl (C=O) groups excluding carboxylic acids is 1. The molecule has 0 aliphatic carbocycles. The van der Waals surface area contributed by atoms with Crippen molar-refractivity contribution in [2.24, 2.45) is 0 Å². The average Bonchev–Trinajstić information content (AvgIpc) is 3.16. The number of likely N-dealkylation sites (tertiary alicyclic amines) is 1. The van der Waals surface area contributed by atoms with Crippen LogP contribution in [0.2, 0.25) is 15.2 Å². The number of pyridine rings is 1. The van der Waals surface area contributed by atoms with Crippen LogP contribution in [0, 0.1) is 0 Å². The van der Waals surface area contributed by atoms with E-state index in [0.29, 0.717) is 35.1 Å². The normalized spacial score (nSPS) is 22.2. The Morgan fingerprint density at radius 3 is 2.60 bits per heavy atom. The summed E-state index contributed by atoms with van der Waals surface area (Å²) in [6, 6.07) is 16.4. The Labute approximate surface area is 219 Å². The SMILES string of the molecule is O=C(c1ccnc(Cl)c1)N1C[C@]2(CCN(C/C=C/c3ccc(Cl)cc3)C[C@H]2O)c2cc(Cl)ccc21. The van der Waals surface area contributed by atoms with Gasteiger partial charge in [-0.25, -0.2) is 4.98 Å². The number of rotatable bonds is 4. The van der Waals surface area contributed by atoms with E-state index in [1.54, 1.807) is 23.1 Å². The van der Waals surface area contributed by atoms with Gasteiger partial charge in [-0.15, -0.1) is 0 Å². The van der Waals surface area contributed by atoms with Crippen LogP contribution in [0.4, 0.5) is 5.69 Å². The van der Waals surface area contributed by atoms with E-state index in [-0.39, 0.29) is 11.1 Å². The molecule has 1 N–H and O–H groups in total. The number of amides is 1. The number of aliphatic hydroxyl groups excluding tert-OH is 1. The summed E-state index contributed by atoms with van der Waals surface area (Å²) in [5, 5.41) is 13.0. The van der Waals surface area contributed by atoms with Gasteiger partial charge in [0.1, 0.15) is 5.15 Å². The number of fused-ring (bicyclic) bond motifs is 2. The highest BCUT2D eigenvalue weighted by Gasteiger charge is 2.51. The number of β-amino-alcohol motifs (C(OH)–C–C–N with tert-alkyl or cyclic N) is 1. The lowest BCUT2D eigenvalue weighted by Crippen LogP contribution is -2.55. The Balaban J connectivity index is 1.35. The number of piperidine rings is 1. The second-order valence-corrected chi connectivity index (χ2v) is 10.3. The highest BCUT2D eigenvalue weighted by atomic mass is 35.5. The molecule has 2 atom stereocenters. The summed E-state index contributed by atoms with van der Waals surface area (Å²) in [6.45, 7) is 2.39. The molecule has 5 nitrogen and oxygen atoms in total. The van der Waals surface area contributed by atoms with E-state index < -0.39 is 11.5 Å². The van der Waals surface area contributed by atoms with Gasteiger partial charge in [0.05, 0.1) is 6.10 Å². The molecule has 3 aromatic rings. The molecule has 2 aromatic carbocycles. The molecule has 2 aliphatic rings. The van der Waals surface area contributed by atoms with Crippen molar-refractivity contribution in [3.05, 3.63) is 98.8 Å². The Hall–Kier alpha value is -2.41. The summed E-state index contributed by atoms with van der Waals surface area (Å²) in [4.78, 5) is 21.4. The molecule has 1 fully saturated rings. The standard InChI is InChI=1S/C27H24Cl3N3O2/c28-20-5-3-18(4-6-20)2-1-12-32-13-10-27(24(34)16-32)17-33(23-8-7-21(29)15-22(23)27)26(35)19-9-11-31-25(30)14-19/h1-9,11,14-15,24,34H,10,12-13,16-17H2/b2-1+/t24-,27-/m1/s1. The zero-order valence-electron chi connectivity index (χ0n) is 18.9. The van der Waals surface area contributed by atoms with Crippen LogP contribution in [-0.2, 0) is 5.41 Å². The zero-order chi connectivity index (χ0) is 24.6. The van der Waals surface area contributed by atoms with Crippen molar-refractivity contribution >= 4 is 52.5 Å². The maximum absolute atomic E-state index is 13.4. The Morgan fingerprint density at radius 1 is 1.09 bits per heavy atom. The molecule has 0 unspecified atom stereocenters. The van der Waals surface area contributed by atoms with Crippen LogP contribution < -0.4 is 4.90 Å². The number of carbonyl (C=O) groups is 1. The van der Waals surface area contributed by atoms with Crippen LogP contribution in [0.1, 0.15) is 27.9 Å². The predicted molar refractivity (Wildman–Crippen MR) is 142 cm³/mol. The summed E-state index contributed by atoms with van der Waals surface area (Å²) in [5.74, 6) is -0.171. The lowest BCUT2D eigenvalue weighted by molar-refractivity contribution is 0.0104. The monoisotopic (exact) mass is 527 g/mol. The lowest BCUT2D eigenvalue weighted by atomic mass is 9.72. The maximum atomic E-state index is 13.4. The third-order valence-corrected chi connectivity index (χ3v) is 7.63. The average molecular weight is 529 g/mol. The van der Waals surface area contributed by atoms with E-state index in [2.05, 4.69) is 22.0 Å². The van der Waals surface area contributed by atoms with Gasteiger partial charge in [0.25, 0.3) is 5.91 Å². The first-order valence-corrected chi connectivity index (χ1v) is 12.6. The molecule has 8 heteroatoms. The quantitative estimate of drug-likeness (QED) is 0.440. The zero-order valence-corrected chi connectivity index (χ0v) is 21.1. The number of halogens is 3. The second kappa shape index (κ2) is 9.92. The number of nitrogens with zero attached hydrogens (tertiary/aromatic N) is 3. The van der Waals surface area contributed by atoms with Crippen molar-refractivity contribution < 1.29 is 9.90 Å². The van der Waals surface area contributed by atoms with E-state index in [9.17, 15) is 9.90 Å². The summed E-state index contributed by atoms with van der Waals surface area (Å²) in [7, 11) is 0. The number of benzene rings is 2. The second-order valence-electron chi connectivity index (χ2n) is 9.06. The Morgan fingerprint density at radius 2 is 1.86 bits per heavy atom. The topological polar surface area (TPSA) is 56.7 Å². The maximum Gasteiger partial charge on any atom is 0.258 e. The molecule has 1 spiro atoms. The number of aromatic nitrogens is 1. The van der Waals surface area contributed by atoms with Crippen molar-refractivity contribution in [3.8, 4) is 0 Å². The summed E-state index contributed by atoms with van der Waals surface area (Å²) < 4.78 is 0. The van der Waals surface area contributed by atoms with Gasteiger partial charge in [0.2, 0.25) is 0 Å². The summed E-state index contributed by atoms with van der Waals surface area (Å²) in [5.41, 5.74) is 2.66. The van der Waals surface area contributed by atoms with Gasteiger partial charge in [-0.1, -0.05) is 59.1 Å². The van der Waals surface area contributed by atoms with E-state index >= 15 is 0 Å². The van der Waals surface area contributed by atoms with E-state index in [1.165, 1.54) is 6.20 Å². The fourth-order valence-electron chi connectivity index (χ4n) is 5.08. The van der Waals surface area contributed by atoms with Gasteiger partial charge < -0.3 is 10.0 Å². The molecule has 1 amide bonds. The van der Waals surface area contributed by atoms with Crippen LogP contribution in [0.25, 0.3) is 6.08 Å². The van der Waals surface area contributed by atoms with E-state index in [4.69, 9.17) is 34.8 Å². The number of aliphatic hydroxyl groups is 1. The van der Waals surface area contributed by atoms with Crippen molar-refractivity contribution in [2.45, 2.75) is 17.9 Å². The molecule has 2 aliphatic heterocycles. The number of anilines is 1. The largest absolute Gasteiger partial charge is 0.391 e. The van der Waals surface area contributed by atoms with Gasteiger partial charge in [-0.3, -0.25) is 9.69 Å². The van der Waals surface area contributed by atoms with E-state index in [1.807, 2.05) is 36.4 Å². The van der Waals surface area contributed by atoms with Crippen LogP contribution >= 0.6 is 34.8 Å². The third kappa shape index (κ3) is 4.84. The Bertz CT molecular complexity index is 1280. The predicted octanol–water partition coefficient (Wildman–Crippen LogP) is 5.72. The Kier molecular flexibility index (Phi) is 6.88. The molecule has 180 valence electrons. The van der Waals surface area contributed by atoms with Crippen molar-refractivity contribution in [1.82, 2.24) is 9.88 Å². The molecule has 3 heterocycles. The minimum Gasteiger partial charge on any atom is -0.391 e. The molecule has 1 saturated heterocycles. The molecular formula is C27H24Cl3N3O2. The lowest BCUT2D eigenvalue weighted by Gasteiger charge is -2.43. The van der Waals surface area contributed by atoms with Crippen LogP contribution in [0.3, 0.4) is 0 Å². The van der Waals surface area contributed by atoms with Crippen LogP contribution in [-0.4, -0.2) is 53.2 Å². The molecule has 0 bridgehead atoms. The first-order valence-electron chi connectivity index (χ1n) is 11.4. The number of hydrogen-bond donors (Lipinski definition) is 1. The van der Waals surface area contributed by atoms with Gasteiger partial charge in [-0.2, -0.15) is 0 Å². The minimum absolute atomic E-state index is 0.171. The van der Waals surface area contributed by atoms with Gasteiger partial charge in [-0.05, 0) is 66.6 Å². The summed E-state index contributed by atoms with van der Waals surface area (Å²) in [6.07, 6.45) is 5.72. The van der Waals surface area contributed by atoms with Crippen molar-refractivity contribution in [1.29, 1.82) is 0 Å². The summed E-state index contributed by atoms with van der Waals surface area (Å²) >= 11 is 18.4.